The molecule has 172 valence electrons. The van der Waals surface area contributed by atoms with E-state index in [-0.39, 0.29) is 17.5 Å². The molecular weight excluding hydrogens is 406 g/mol. The Labute approximate surface area is 181 Å². The van der Waals surface area contributed by atoms with Crippen LogP contribution in [0.5, 0.6) is 0 Å². The number of carbonyl (C=O) groups excluding carboxylic acids is 1. The van der Waals surface area contributed by atoms with Crippen molar-refractivity contribution in [2.24, 2.45) is 23.7 Å². The van der Waals surface area contributed by atoms with Crippen LogP contribution in [0, 0.1) is 23.7 Å². The highest BCUT2D eigenvalue weighted by atomic mass is 17.3. The third kappa shape index (κ3) is 3.39. The van der Waals surface area contributed by atoms with Gasteiger partial charge in [-0.25, -0.2) is 19.3 Å². The van der Waals surface area contributed by atoms with E-state index in [0.29, 0.717) is 25.0 Å². The van der Waals surface area contributed by atoms with E-state index in [4.69, 9.17) is 24.0 Å². The summed E-state index contributed by atoms with van der Waals surface area (Å²) in [6.07, 6.45) is 4.55. The Kier molecular flexibility index (Phi) is 5.33. The average Bonchev–Trinajstić information content (AvgIpc) is 3.11. The monoisotopic (exact) mass is 437 g/mol. The first kappa shape index (κ1) is 21.3. The van der Waals surface area contributed by atoms with Gasteiger partial charge < -0.3 is 18.9 Å². The topological polar surface area (TPSA) is 103 Å². The third-order valence-electron chi connectivity index (χ3n) is 7.63. The third-order valence-corrected chi connectivity index (χ3v) is 7.63. The molecule has 10 heteroatoms. The van der Waals surface area contributed by atoms with E-state index in [1.165, 1.54) is 7.11 Å². The molecule has 10 nitrogen and oxygen atoms in total. The number of aromatic nitrogens is 3. The Bertz CT molecular complexity index is 834. The molecule has 1 aromatic rings. The Morgan fingerprint density at radius 1 is 1.26 bits per heavy atom. The van der Waals surface area contributed by atoms with Crippen molar-refractivity contribution < 1.29 is 33.5 Å². The first-order valence-electron chi connectivity index (χ1n) is 11.2. The number of rotatable bonds is 5. The molecule has 1 aromatic heterocycles. The lowest BCUT2D eigenvalue weighted by molar-refractivity contribution is -0.577. The zero-order chi connectivity index (χ0) is 21.8. The minimum atomic E-state index is -0.798. The summed E-state index contributed by atoms with van der Waals surface area (Å²) in [6.45, 7) is 7.16. The zero-order valence-corrected chi connectivity index (χ0v) is 18.5. The number of hydrogen-bond acceptors (Lipinski definition) is 9. The summed E-state index contributed by atoms with van der Waals surface area (Å²) in [5.41, 5.74) is -0.420. The van der Waals surface area contributed by atoms with Crippen molar-refractivity contribution >= 4 is 5.97 Å². The van der Waals surface area contributed by atoms with Gasteiger partial charge in [0.1, 0.15) is 0 Å². The highest BCUT2D eigenvalue weighted by Crippen LogP contribution is 2.60. The van der Waals surface area contributed by atoms with Gasteiger partial charge in [0.15, 0.2) is 23.9 Å². The molecule has 0 N–H and O–H groups in total. The lowest BCUT2D eigenvalue weighted by Crippen LogP contribution is -2.70. The first-order chi connectivity index (χ1) is 14.9. The van der Waals surface area contributed by atoms with Gasteiger partial charge in [0.05, 0.1) is 26.5 Å². The molecule has 8 atom stereocenters. The van der Waals surface area contributed by atoms with Crippen molar-refractivity contribution in [1.82, 2.24) is 15.0 Å². The van der Waals surface area contributed by atoms with Gasteiger partial charge in [-0.15, -0.1) is 5.10 Å². The summed E-state index contributed by atoms with van der Waals surface area (Å²) in [7, 11) is 1.31. The smallest absolute Gasteiger partial charge is 0.360 e. The van der Waals surface area contributed by atoms with E-state index in [1.54, 1.807) is 10.9 Å². The number of ether oxygens (including phenoxy) is 4. The molecule has 5 aliphatic rings. The standard InChI is InChI=1S/C21H31N3O7/c1-12-5-6-15-13(2)18(27-10-9-24-11-16(22-23-24)17(25)26-4)28-19-21(15)14(12)7-8-20(3,29-19)30-31-21/h11-15,18-19H,5-10H2,1-4H3/t12?,13-,14+,15?,18+,19-,20+,21-/m1/s1. The molecule has 0 radical (unpaired) electrons. The van der Waals surface area contributed by atoms with Gasteiger partial charge >= 0.3 is 5.97 Å². The Balaban J connectivity index is 1.29. The first-order valence-corrected chi connectivity index (χ1v) is 11.2. The van der Waals surface area contributed by atoms with Gasteiger partial charge in [-0.1, -0.05) is 19.1 Å². The second-order valence-corrected chi connectivity index (χ2v) is 9.50. The molecule has 1 saturated carbocycles. The molecule has 0 amide bonds. The lowest BCUT2D eigenvalue weighted by Gasteiger charge is -2.60. The van der Waals surface area contributed by atoms with Crippen molar-refractivity contribution in [1.29, 1.82) is 0 Å². The molecule has 0 aromatic carbocycles. The largest absolute Gasteiger partial charge is 0.464 e. The second-order valence-electron chi connectivity index (χ2n) is 9.50. The minimum Gasteiger partial charge on any atom is -0.464 e. The van der Waals surface area contributed by atoms with Crippen molar-refractivity contribution in [3.63, 3.8) is 0 Å². The number of hydrogen-bond donors (Lipinski definition) is 0. The predicted molar refractivity (Wildman–Crippen MR) is 104 cm³/mol. The molecule has 31 heavy (non-hydrogen) atoms. The fourth-order valence-corrected chi connectivity index (χ4v) is 5.93. The maximum absolute atomic E-state index is 11.5. The molecule has 2 bridgehead atoms. The Morgan fingerprint density at radius 2 is 2.10 bits per heavy atom. The maximum atomic E-state index is 11.5. The van der Waals surface area contributed by atoms with E-state index < -0.39 is 29.9 Å². The molecule has 5 fully saturated rings. The van der Waals surface area contributed by atoms with Crippen LogP contribution in [0.3, 0.4) is 0 Å². The van der Waals surface area contributed by atoms with Crippen LogP contribution in [-0.2, 0) is 35.3 Å². The summed E-state index contributed by atoms with van der Waals surface area (Å²) in [4.78, 5) is 23.5. The average molecular weight is 437 g/mol. The van der Waals surface area contributed by atoms with Crippen LogP contribution < -0.4 is 0 Å². The van der Waals surface area contributed by atoms with Gasteiger partial charge in [-0.3, -0.25) is 0 Å². The molecule has 4 saturated heterocycles. The van der Waals surface area contributed by atoms with Crippen LogP contribution in [0.25, 0.3) is 0 Å². The zero-order valence-electron chi connectivity index (χ0n) is 18.5. The second kappa shape index (κ2) is 7.77. The van der Waals surface area contributed by atoms with Gasteiger partial charge in [-0.2, -0.15) is 0 Å². The molecule has 5 heterocycles. The summed E-state index contributed by atoms with van der Waals surface area (Å²) >= 11 is 0. The van der Waals surface area contributed by atoms with E-state index in [9.17, 15) is 4.79 Å². The van der Waals surface area contributed by atoms with Crippen LogP contribution in [0.15, 0.2) is 6.20 Å². The summed E-state index contributed by atoms with van der Waals surface area (Å²) < 4.78 is 25.1. The van der Waals surface area contributed by atoms with Gasteiger partial charge in [-0.05, 0) is 38.0 Å². The molecule has 1 spiro atoms. The quantitative estimate of drug-likeness (QED) is 0.507. The molecular formula is C21H31N3O7. The van der Waals surface area contributed by atoms with Gasteiger partial charge in [0, 0.05) is 18.3 Å². The normalized spacial score (nSPS) is 43.9. The van der Waals surface area contributed by atoms with Crippen LogP contribution in [-0.4, -0.2) is 58.6 Å². The fourth-order valence-electron chi connectivity index (χ4n) is 5.93. The van der Waals surface area contributed by atoms with Crippen LogP contribution >= 0.6 is 0 Å². The SMILES string of the molecule is COC(=O)c1cn(CCO[C@H]2O[C@@H]3O[C@]4(C)CC[C@H]5C(C)CCC([C@H]2C)[C@@]35OO4)nn1. The number of nitrogens with zero attached hydrogens (tertiary/aromatic N) is 3. The van der Waals surface area contributed by atoms with Crippen molar-refractivity contribution in [3.05, 3.63) is 11.9 Å². The Morgan fingerprint density at radius 3 is 2.90 bits per heavy atom. The van der Waals surface area contributed by atoms with E-state index >= 15 is 0 Å². The summed E-state index contributed by atoms with van der Waals surface area (Å²) in [6, 6.07) is 0. The summed E-state index contributed by atoms with van der Waals surface area (Å²) in [5.74, 6) is -0.126. The van der Waals surface area contributed by atoms with Crippen LogP contribution in [0.2, 0.25) is 0 Å². The minimum absolute atomic E-state index is 0.113. The van der Waals surface area contributed by atoms with E-state index in [0.717, 1.165) is 25.7 Å². The number of methoxy groups -OCH3 is 1. The van der Waals surface area contributed by atoms with E-state index in [1.807, 2.05) is 6.92 Å². The van der Waals surface area contributed by atoms with Crippen LogP contribution in [0.4, 0.5) is 0 Å². The Hall–Kier alpha value is -1.59. The van der Waals surface area contributed by atoms with Crippen LogP contribution in [0.1, 0.15) is 56.9 Å². The van der Waals surface area contributed by atoms with Crippen molar-refractivity contribution in [3.8, 4) is 0 Å². The van der Waals surface area contributed by atoms with E-state index in [2.05, 4.69) is 28.9 Å². The molecule has 1 aliphatic carbocycles. The van der Waals surface area contributed by atoms with Crippen molar-refractivity contribution in [2.45, 2.75) is 77.0 Å². The fraction of sp³-hybridized carbons (Fsp3) is 0.857. The molecule has 6 rings (SSSR count). The molecule has 2 unspecified atom stereocenters. The maximum Gasteiger partial charge on any atom is 0.360 e. The number of carbonyl (C=O) groups is 1. The predicted octanol–water partition coefficient (Wildman–Crippen LogP) is 2.29. The lowest BCUT2D eigenvalue weighted by atomic mass is 9.58. The van der Waals surface area contributed by atoms with Gasteiger partial charge in [0.25, 0.3) is 0 Å². The van der Waals surface area contributed by atoms with Crippen molar-refractivity contribution in [2.75, 3.05) is 13.7 Å². The number of esters is 1. The highest BCUT2D eigenvalue weighted by Gasteiger charge is 2.69. The molecule has 4 aliphatic heterocycles. The summed E-state index contributed by atoms with van der Waals surface area (Å²) in [5, 5.41) is 7.76. The number of fused-ring (bicyclic) bond motifs is 2. The van der Waals surface area contributed by atoms with Gasteiger partial charge in [0.2, 0.25) is 5.79 Å². The highest BCUT2D eigenvalue weighted by molar-refractivity contribution is 5.86.